The maximum Gasteiger partial charge on any atom is 0.301 e. The van der Waals surface area contributed by atoms with Crippen LogP contribution in [0.3, 0.4) is 0 Å². The molecule has 0 aliphatic carbocycles. The predicted molar refractivity (Wildman–Crippen MR) is 50.6 cm³/mol. The minimum atomic E-state index is -0.494. The number of rotatable bonds is 2. The number of benzene rings is 1. The Kier molecular flexibility index (Phi) is 2.01. The predicted octanol–water partition coefficient (Wildman–Crippen LogP) is 1.61. The molecule has 1 aromatic heterocycles. The van der Waals surface area contributed by atoms with Gasteiger partial charge in [0.15, 0.2) is 5.52 Å². The molecule has 6 nitrogen and oxygen atoms in total. The van der Waals surface area contributed by atoms with Crippen molar-refractivity contribution in [2.24, 2.45) is 0 Å². The molecule has 0 N–H and O–H groups in total. The van der Waals surface area contributed by atoms with Crippen molar-refractivity contribution < 1.29 is 9.66 Å². The maximum atomic E-state index is 10.7. The summed E-state index contributed by atoms with van der Waals surface area (Å²) >= 11 is 1.10. The lowest BCUT2D eigenvalue weighted by Crippen LogP contribution is -1.91. The first kappa shape index (κ1) is 8.82. The molecule has 7 heteroatoms. The lowest BCUT2D eigenvalue weighted by Gasteiger charge is -1.98. The van der Waals surface area contributed by atoms with Crippen molar-refractivity contribution in [3.8, 4) is 5.75 Å². The average Bonchev–Trinajstić information content (AvgIpc) is 2.63. The number of aromatic nitrogens is 2. The standard InChI is InChI=1S/C7H5N3O3S/c1-13-4-2-5(10(11)12)7-6(3-4)14-9-8-7/h2-3H,1H3. The van der Waals surface area contributed by atoms with E-state index in [0.29, 0.717) is 16.0 Å². The van der Waals surface area contributed by atoms with Gasteiger partial charge in [-0.3, -0.25) is 10.1 Å². The Labute approximate surface area is 82.4 Å². The van der Waals surface area contributed by atoms with Crippen molar-refractivity contribution in [1.82, 2.24) is 9.59 Å². The van der Waals surface area contributed by atoms with E-state index in [9.17, 15) is 10.1 Å². The maximum absolute atomic E-state index is 10.7. The zero-order valence-corrected chi connectivity index (χ0v) is 7.95. The van der Waals surface area contributed by atoms with E-state index in [2.05, 4.69) is 9.59 Å². The van der Waals surface area contributed by atoms with Gasteiger partial charge in [0.2, 0.25) is 0 Å². The van der Waals surface area contributed by atoms with E-state index in [0.717, 1.165) is 11.5 Å². The monoisotopic (exact) mass is 211 g/mol. The van der Waals surface area contributed by atoms with Crippen LogP contribution in [0.1, 0.15) is 0 Å². The second-order valence-corrected chi connectivity index (χ2v) is 3.31. The Morgan fingerprint density at radius 2 is 2.36 bits per heavy atom. The lowest BCUT2D eigenvalue weighted by molar-refractivity contribution is -0.383. The largest absolute Gasteiger partial charge is 0.496 e. The van der Waals surface area contributed by atoms with E-state index in [1.165, 1.54) is 13.2 Å². The van der Waals surface area contributed by atoms with Crippen molar-refractivity contribution in [3.63, 3.8) is 0 Å². The molecule has 1 aromatic carbocycles. The lowest BCUT2D eigenvalue weighted by atomic mass is 10.3. The van der Waals surface area contributed by atoms with Crippen molar-refractivity contribution in [2.75, 3.05) is 7.11 Å². The number of nitro groups is 1. The summed E-state index contributed by atoms with van der Waals surface area (Å²) in [5.74, 6) is 0.440. The molecular weight excluding hydrogens is 206 g/mol. The van der Waals surface area contributed by atoms with E-state index in [4.69, 9.17) is 4.74 Å². The number of hydrogen-bond acceptors (Lipinski definition) is 6. The van der Waals surface area contributed by atoms with Crippen LogP contribution in [0.15, 0.2) is 12.1 Å². The second kappa shape index (κ2) is 3.18. The fourth-order valence-corrected chi connectivity index (χ4v) is 1.71. The zero-order valence-electron chi connectivity index (χ0n) is 7.13. The third kappa shape index (κ3) is 1.27. The average molecular weight is 211 g/mol. The summed E-state index contributed by atoms with van der Waals surface area (Å²) in [7, 11) is 1.46. The number of nitro benzene ring substituents is 1. The van der Waals surface area contributed by atoms with E-state index in [1.807, 2.05) is 0 Å². The molecule has 14 heavy (non-hydrogen) atoms. The molecule has 0 atom stereocenters. The van der Waals surface area contributed by atoms with E-state index in [-0.39, 0.29) is 5.69 Å². The molecule has 0 unspecified atom stereocenters. The molecular formula is C7H5N3O3S. The first-order valence-corrected chi connectivity index (χ1v) is 4.44. The van der Waals surface area contributed by atoms with Gasteiger partial charge in [-0.05, 0) is 11.5 Å². The van der Waals surface area contributed by atoms with Crippen molar-refractivity contribution in [1.29, 1.82) is 0 Å². The number of fused-ring (bicyclic) bond motifs is 1. The van der Waals surface area contributed by atoms with Crippen LogP contribution < -0.4 is 4.74 Å². The number of hydrogen-bond donors (Lipinski definition) is 0. The van der Waals surface area contributed by atoms with Crippen LogP contribution in [0.5, 0.6) is 5.75 Å². The summed E-state index contributed by atoms with van der Waals surface area (Å²) in [5.41, 5.74) is 0.230. The first-order valence-electron chi connectivity index (χ1n) is 3.67. The minimum absolute atomic E-state index is 0.0758. The smallest absolute Gasteiger partial charge is 0.301 e. The topological polar surface area (TPSA) is 78.2 Å². The van der Waals surface area contributed by atoms with Gasteiger partial charge in [0.25, 0.3) is 0 Å². The molecule has 0 aliphatic rings. The Hall–Kier alpha value is -1.76. The third-order valence-electron chi connectivity index (χ3n) is 1.74. The van der Waals surface area contributed by atoms with E-state index < -0.39 is 4.92 Å². The highest BCUT2D eigenvalue weighted by Crippen LogP contribution is 2.30. The number of ether oxygens (including phenoxy) is 1. The molecule has 0 saturated carbocycles. The molecule has 0 bridgehead atoms. The number of nitrogens with zero attached hydrogens (tertiary/aromatic N) is 3. The highest BCUT2D eigenvalue weighted by atomic mass is 32.1. The molecule has 2 rings (SSSR count). The van der Waals surface area contributed by atoms with Crippen molar-refractivity contribution in [2.45, 2.75) is 0 Å². The fraction of sp³-hybridized carbons (Fsp3) is 0.143. The SMILES string of the molecule is COc1cc([N+](=O)[O-])c2nnsc2c1. The third-order valence-corrected chi connectivity index (χ3v) is 2.41. The van der Waals surface area contributed by atoms with Gasteiger partial charge in [-0.2, -0.15) is 0 Å². The molecule has 0 fully saturated rings. The van der Waals surface area contributed by atoms with Crippen molar-refractivity contribution in [3.05, 3.63) is 22.2 Å². The number of non-ortho nitro benzene ring substituents is 1. The van der Waals surface area contributed by atoms with E-state index >= 15 is 0 Å². The molecule has 0 radical (unpaired) electrons. The molecule has 72 valence electrons. The quantitative estimate of drug-likeness (QED) is 0.557. The first-order chi connectivity index (χ1) is 6.72. The van der Waals surface area contributed by atoms with Crippen molar-refractivity contribution >= 4 is 27.4 Å². The summed E-state index contributed by atoms with van der Waals surface area (Å²) in [4.78, 5) is 10.2. The van der Waals surface area contributed by atoms with Gasteiger partial charge in [0.1, 0.15) is 5.75 Å². The Morgan fingerprint density at radius 1 is 1.57 bits per heavy atom. The molecule has 2 aromatic rings. The van der Waals surface area contributed by atoms with Crippen LogP contribution >= 0.6 is 11.5 Å². The molecule has 0 amide bonds. The van der Waals surface area contributed by atoms with Gasteiger partial charge in [-0.15, -0.1) is 5.10 Å². The van der Waals surface area contributed by atoms with Crippen LogP contribution in [0.25, 0.3) is 10.2 Å². The molecule has 0 saturated heterocycles. The highest BCUT2D eigenvalue weighted by Gasteiger charge is 2.17. The summed E-state index contributed by atoms with van der Waals surface area (Å²) < 4.78 is 9.23. The number of methoxy groups -OCH3 is 1. The normalized spacial score (nSPS) is 10.4. The highest BCUT2D eigenvalue weighted by molar-refractivity contribution is 7.13. The van der Waals surface area contributed by atoms with Gasteiger partial charge in [0, 0.05) is 6.07 Å². The van der Waals surface area contributed by atoms with Crippen LogP contribution in [0.2, 0.25) is 0 Å². The van der Waals surface area contributed by atoms with E-state index in [1.54, 1.807) is 6.07 Å². The van der Waals surface area contributed by atoms with Gasteiger partial charge in [0.05, 0.1) is 22.8 Å². The summed E-state index contributed by atoms with van der Waals surface area (Å²) in [6.07, 6.45) is 0. The summed E-state index contributed by atoms with van der Waals surface area (Å²) in [6.45, 7) is 0. The Morgan fingerprint density at radius 3 is 3.00 bits per heavy atom. The molecule has 1 heterocycles. The summed E-state index contributed by atoms with van der Waals surface area (Å²) in [5, 5.41) is 14.4. The van der Waals surface area contributed by atoms with Gasteiger partial charge in [-0.1, -0.05) is 4.49 Å². The summed E-state index contributed by atoms with van der Waals surface area (Å²) in [6, 6.07) is 3.01. The molecule has 0 aliphatic heterocycles. The van der Waals surface area contributed by atoms with Crippen LogP contribution in [-0.4, -0.2) is 21.6 Å². The Balaban J connectivity index is 2.76. The van der Waals surface area contributed by atoms with Gasteiger partial charge >= 0.3 is 5.69 Å². The fourth-order valence-electron chi connectivity index (χ4n) is 1.10. The molecule has 0 spiro atoms. The van der Waals surface area contributed by atoms with Gasteiger partial charge < -0.3 is 4.74 Å². The Bertz CT molecular complexity index is 496. The van der Waals surface area contributed by atoms with Crippen LogP contribution in [-0.2, 0) is 0 Å². The van der Waals surface area contributed by atoms with Crippen LogP contribution in [0.4, 0.5) is 5.69 Å². The van der Waals surface area contributed by atoms with Gasteiger partial charge in [-0.25, -0.2) is 0 Å². The second-order valence-electron chi connectivity index (χ2n) is 2.52. The van der Waals surface area contributed by atoms with Crippen LogP contribution in [0, 0.1) is 10.1 Å². The zero-order chi connectivity index (χ0) is 10.1. The minimum Gasteiger partial charge on any atom is -0.496 e.